The summed E-state index contributed by atoms with van der Waals surface area (Å²) in [6, 6.07) is 17.7. The van der Waals surface area contributed by atoms with Gasteiger partial charge in [0, 0.05) is 5.56 Å². The van der Waals surface area contributed by atoms with Crippen LogP contribution in [0.2, 0.25) is 0 Å². The van der Waals surface area contributed by atoms with Crippen molar-refractivity contribution in [3.63, 3.8) is 0 Å². The lowest BCUT2D eigenvalue weighted by molar-refractivity contribution is -0.129. The molecule has 0 aliphatic carbocycles. The smallest absolute Gasteiger partial charge is 0.363 e. The third-order valence-electron chi connectivity index (χ3n) is 4.82. The second-order valence-corrected chi connectivity index (χ2v) is 8.04. The molecule has 1 aliphatic heterocycles. The molecule has 4 rings (SSSR count). The largest absolute Gasteiger partial charge is 0.402 e. The summed E-state index contributed by atoms with van der Waals surface area (Å²) in [6.45, 7) is 8.27. The first-order chi connectivity index (χ1) is 13.8. The maximum Gasteiger partial charge on any atom is 0.363 e. The summed E-state index contributed by atoms with van der Waals surface area (Å²) in [4.78, 5) is 16.8. The minimum Gasteiger partial charge on any atom is -0.402 e. The first kappa shape index (κ1) is 18.9. The predicted molar refractivity (Wildman–Crippen MR) is 112 cm³/mol. The van der Waals surface area contributed by atoms with E-state index in [1.54, 1.807) is 13.0 Å². The van der Waals surface area contributed by atoms with Crippen LogP contribution >= 0.6 is 0 Å². The molecule has 1 aliphatic rings. The Kier molecular flexibility index (Phi) is 4.66. The Bertz CT molecular complexity index is 1120. The number of aromatic nitrogens is 1. The summed E-state index contributed by atoms with van der Waals surface area (Å²) in [5, 5.41) is 4.13. The highest BCUT2D eigenvalue weighted by Crippen LogP contribution is 2.29. The second-order valence-electron chi connectivity index (χ2n) is 8.04. The molecular formula is C24H22N2O3. The lowest BCUT2D eigenvalue weighted by Crippen LogP contribution is -2.10. The van der Waals surface area contributed by atoms with Crippen molar-refractivity contribution in [3.05, 3.63) is 82.7 Å². The fourth-order valence-electron chi connectivity index (χ4n) is 3.17. The molecule has 0 amide bonds. The van der Waals surface area contributed by atoms with Gasteiger partial charge < -0.3 is 9.26 Å². The van der Waals surface area contributed by atoms with Gasteiger partial charge in [-0.15, -0.1) is 0 Å². The van der Waals surface area contributed by atoms with Gasteiger partial charge in [-0.25, -0.2) is 9.79 Å². The Labute approximate surface area is 169 Å². The van der Waals surface area contributed by atoms with Crippen molar-refractivity contribution in [1.82, 2.24) is 5.16 Å². The Morgan fingerprint density at radius 2 is 1.66 bits per heavy atom. The van der Waals surface area contributed by atoms with E-state index in [2.05, 4.69) is 43.1 Å². The molecule has 0 spiro atoms. The van der Waals surface area contributed by atoms with E-state index in [1.807, 2.05) is 42.5 Å². The fourth-order valence-corrected chi connectivity index (χ4v) is 3.17. The number of carbonyl (C=O) groups is 1. The second kappa shape index (κ2) is 7.17. The van der Waals surface area contributed by atoms with Gasteiger partial charge in [-0.2, -0.15) is 0 Å². The van der Waals surface area contributed by atoms with Crippen LogP contribution in [-0.2, 0) is 14.9 Å². The van der Waals surface area contributed by atoms with Crippen LogP contribution in [0.3, 0.4) is 0 Å². The molecule has 29 heavy (non-hydrogen) atoms. The highest BCUT2D eigenvalue weighted by atomic mass is 16.6. The van der Waals surface area contributed by atoms with Crippen LogP contribution < -0.4 is 0 Å². The molecule has 0 atom stereocenters. The van der Waals surface area contributed by atoms with Crippen molar-refractivity contribution in [3.8, 4) is 11.3 Å². The average molecular weight is 386 g/mol. The summed E-state index contributed by atoms with van der Waals surface area (Å²) in [5.74, 6) is 0.274. The van der Waals surface area contributed by atoms with E-state index in [0.29, 0.717) is 17.0 Å². The van der Waals surface area contributed by atoms with E-state index in [1.165, 1.54) is 5.56 Å². The van der Waals surface area contributed by atoms with Crippen LogP contribution in [0.5, 0.6) is 0 Å². The number of rotatable bonds is 3. The quantitative estimate of drug-likeness (QED) is 0.453. The monoisotopic (exact) mass is 386 g/mol. The first-order valence-corrected chi connectivity index (χ1v) is 9.48. The third-order valence-corrected chi connectivity index (χ3v) is 4.82. The molecule has 146 valence electrons. The maximum absolute atomic E-state index is 12.4. The highest BCUT2D eigenvalue weighted by Gasteiger charge is 2.30. The molecule has 2 heterocycles. The van der Waals surface area contributed by atoms with Crippen molar-refractivity contribution in [1.29, 1.82) is 0 Å². The predicted octanol–water partition coefficient (Wildman–Crippen LogP) is 5.29. The lowest BCUT2D eigenvalue weighted by atomic mass is 9.87. The van der Waals surface area contributed by atoms with Crippen molar-refractivity contribution in [2.24, 2.45) is 4.99 Å². The zero-order valence-electron chi connectivity index (χ0n) is 16.9. The van der Waals surface area contributed by atoms with Gasteiger partial charge in [0.15, 0.2) is 5.70 Å². The van der Waals surface area contributed by atoms with E-state index in [0.717, 1.165) is 11.1 Å². The summed E-state index contributed by atoms with van der Waals surface area (Å²) in [5.41, 5.74) is 4.51. The molecule has 5 heteroatoms. The Morgan fingerprint density at radius 1 is 0.966 bits per heavy atom. The van der Waals surface area contributed by atoms with Gasteiger partial charge in [-0.05, 0) is 29.5 Å². The molecule has 0 fully saturated rings. The van der Waals surface area contributed by atoms with E-state index >= 15 is 0 Å². The number of benzene rings is 2. The van der Waals surface area contributed by atoms with Crippen molar-refractivity contribution in [2.45, 2.75) is 33.1 Å². The summed E-state index contributed by atoms with van der Waals surface area (Å²) >= 11 is 0. The summed E-state index contributed by atoms with van der Waals surface area (Å²) in [6.07, 6.45) is 1.73. The molecule has 0 unspecified atom stereocenters. The van der Waals surface area contributed by atoms with E-state index in [-0.39, 0.29) is 17.0 Å². The molecule has 2 aromatic carbocycles. The van der Waals surface area contributed by atoms with Crippen LogP contribution in [0.15, 0.2) is 69.8 Å². The lowest BCUT2D eigenvalue weighted by Gasteiger charge is -2.18. The molecule has 0 bridgehead atoms. The van der Waals surface area contributed by atoms with Crippen LogP contribution in [-0.4, -0.2) is 17.0 Å². The van der Waals surface area contributed by atoms with Crippen LogP contribution in [0.1, 0.15) is 43.2 Å². The molecule has 1 aromatic heterocycles. The van der Waals surface area contributed by atoms with Crippen molar-refractivity contribution < 1.29 is 14.1 Å². The molecule has 0 saturated heterocycles. The third kappa shape index (κ3) is 3.76. The molecule has 0 saturated carbocycles. The average Bonchev–Trinajstić information content (AvgIpc) is 3.25. The number of cyclic esters (lactones) is 1. The minimum absolute atomic E-state index is 0.0724. The fraction of sp³-hybridized carbons (Fsp3) is 0.208. The van der Waals surface area contributed by atoms with Crippen LogP contribution in [0.4, 0.5) is 0 Å². The topological polar surface area (TPSA) is 64.7 Å². The van der Waals surface area contributed by atoms with Gasteiger partial charge in [0.25, 0.3) is 0 Å². The van der Waals surface area contributed by atoms with E-state index in [4.69, 9.17) is 9.26 Å². The Morgan fingerprint density at radius 3 is 2.31 bits per heavy atom. The van der Waals surface area contributed by atoms with Gasteiger partial charge in [0.1, 0.15) is 17.0 Å². The number of carbonyl (C=O) groups excluding carboxylic acids is 1. The number of aliphatic imine (C=N–C) groups is 1. The Hall–Kier alpha value is -3.47. The first-order valence-electron chi connectivity index (χ1n) is 9.48. The van der Waals surface area contributed by atoms with Gasteiger partial charge in [0.05, 0.1) is 0 Å². The molecular weight excluding hydrogens is 364 g/mol. The van der Waals surface area contributed by atoms with Crippen LogP contribution in [0.25, 0.3) is 17.3 Å². The minimum atomic E-state index is -0.487. The maximum atomic E-state index is 12.4. The van der Waals surface area contributed by atoms with Gasteiger partial charge in [0.2, 0.25) is 5.90 Å². The standard InChI is InChI=1S/C24H22N2O3/c1-15-20(21(26-29-15)17-8-6-5-7-9-17)22-25-19(23(27)28-22)14-16-10-12-18(13-11-16)24(2,3)4/h5-14H,1-4H3. The number of nitrogens with zero attached hydrogens (tertiary/aromatic N) is 2. The van der Waals surface area contributed by atoms with Gasteiger partial charge >= 0.3 is 5.97 Å². The van der Waals surface area contributed by atoms with E-state index < -0.39 is 5.97 Å². The summed E-state index contributed by atoms with van der Waals surface area (Å²) in [7, 11) is 0. The van der Waals surface area contributed by atoms with Crippen molar-refractivity contribution in [2.75, 3.05) is 0 Å². The number of aryl methyl sites for hydroxylation is 1. The number of esters is 1. The Balaban J connectivity index is 1.69. The SMILES string of the molecule is Cc1onc(-c2ccccc2)c1C1=NC(=Cc2ccc(C(C)(C)C)cc2)C(=O)O1. The zero-order chi connectivity index (χ0) is 20.6. The summed E-state index contributed by atoms with van der Waals surface area (Å²) < 4.78 is 10.8. The normalized spacial score (nSPS) is 15.5. The van der Waals surface area contributed by atoms with E-state index in [9.17, 15) is 4.79 Å². The number of hydrogen-bond donors (Lipinski definition) is 0. The van der Waals surface area contributed by atoms with Gasteiger partial charge in [-0.1, -0.05) is 80.5 Å². The highest BCUT2D eigenvalue weighted by molar-refractivity contribution is 6.15. The zero-order valence-corrected chi connectivity index (χ0v) is 16.9. The number of ether oxygens (including phenoxy) is 1. The van der Waals surface area contributed by atoms with Crippen LogP contribution in [0, 0.1) is 6.92 Å². The molecule has 5 nitrogen and oxygen atoms in total. The molecule has 0 N–H and O–H groups in total. The molecule has 0 radical (unpaired) electrons. The van der Waals surface area contributed by atoms with Gasteiger partial charge in [-0.3, -0.25) is 0 Å². The number of hydrogen-bond acceptors (Lipinski definition) is 5. The molecule has 3 aromatic rings. The van der Waals surface area contributed by atoms with Crippen molar-refractivity contribution >= 4 is 17.9 Å².